The molecule has 114 valence electrons. The molecule has 1 aromatic carbocycles. The first kappa shape index (κ1) is 15.8. The lowest BCUT2D eigenvalue weighted by atomic mass is 10.1. The second-order valence-electron chi connectivity index (χ2n) is 4.57. The van der Waals surface area contributed by atoms with Gasteiger partial charge in [-0.1, -0.05) is 6.92 Å². The molecule has 1 atom stereocenters. The lowest BCUT2D eigenvalue weighted by Crippen LogP contribution is -2.58. The Labute approximate surface area is 127 Å². The van der Waals surface area contributed by atoms with Crippen molar-refractivity contribution in [2.45, 2.75) is 25.6 Å². The first-order chi connectivity index (χ1) is 9.75. The summed E-state index contributed by atoms with van der Waals surface area (Å²) in [5, 5.41) is 2.43. The zero-order valence-corrected chi connectivity index (χ0v) is 12.6. The number of anilines is 1. The van der Waals surface area contributed by atoms with Crippen LogP contribution in [-0.4, -0.2) is 24.4 Å². The van der Waals surface area contributed by atoms with E-state index in [1.807, 2.05) is 0 Å². The fourth-order valence-corrected chi connectivity index (χ4v) is 2.64. The number of nitrogens with one attached hydrogen (secondary N) is 1. The maximum Gasteiger partial charge on any atom is 0.416 e. The van der Waals surface area contributed by atoms with Crippen LogP contribution in [0.15, 0.2) is 22.7 Å². The van der Waals surface area contributed by atoms with Crippen LogP contribution in [0.1, 0.15) is 18.9 Å². The summed E-state index contributed by atoms with van der Waals surface area (Å²) in [6.07, 6.45) is -4.21. The zero-order chi connectivity index (χ0) is 15.8. The number of carbonyl (C=O) groups is 2. The summed E-state index contributed by atoms with van der Waals surface area (Å²) in [6.45, 7) is 1.47. The van der Waals surface area contributed by atoms with E-state index in [1.54, 1.807) is 6.92 Å². The van der Waals surface area contributed by atoms with E-state index in [0.717, 1.165) is 17.0 Å². The average Bonchev–Trinajstić information content (AvgIpc) is 2.40. The van der Waals surface area contributed by atoms with Gasteiger partial charge in [-0.25, -0.2) is 0 Å². The molecular weight excluding hydrogens is 353 g/mol. The molecule has 2 amide bonds. The number of carbonyl (C=O) groups excluding carboxylic acids is 2. The van der Waals surface area contributed by atoms with Crippen molar-refractivity contribution in [3.63, 3.8) is 0 Å². The molecular formula is C13H12BrF3N2O2. The second-order valence-corrected chi connectivity index (χ2v) is 5.42. The third-order valence-electron chi connectivity index (χ3n) is 3.22. The quantitative estimate of drug-likeness (QED) is 0.876. The highest BCUT2D eigenvalue weighted by Crippen LogP contribution is 2.37. The van der Waals surface area contributed by atoms with E-state index in [9.17, 15) is 22.8 Å². The first-order valence-electron chi connectivity index (χ1n) is 6.22. The van der Waals surface area contributed by atoms with Gasteiger partial charge in [0.05, 0.1) is 17.8 Å². The molecule has 0 spiro atoms. The van der Waals surface area contributed by atoms with E-state index in [4.69, 9.17) is 0 Å². The lowest BCUT2D eigenvalue weighted by Gasteiger charge is -2.35. The molecule has 1 aliphatic rings. The van der Waals surface area contributed by atoms with Gasteiger partial charge in [0.15, 0.2) is 0 Å². The molecule has 0 radical (unpaired) electrons. The summed E-state index contributed by atoms with van der Waals surface area (Å²) in [6, 6.07) is 2.21. The van der Waals surface area contributed by atoms with E-state index < -0.39 is 23.7 Å². The Morgan fingerprint density at radius 1 is 1.38 bits per heavy atom. The monoisotopic (exact) mass is 364 g/mol. The first-order valence-corrected chi connectivity index (χ1v) is 7.01. The van der Waals surface area contributed by atoms with Crippen LogP contribution in [0.3, 0.4) is 0 Å². The van der Waals surface area contributed by atoms with Crippen LogP contribution < -0.4 is 10.2 Å². The number of amides is 2. The minimum atomic E-state index is -4.52. The molecule has 1 heterocycles. The Hall–Kier alpha value is -1.57. The van der Waals surface area contributed by atoms with E-state index >= 15 is 0 Å². The number of alkyl halides is 3. The molecule has 1 aliphatic heterocycles. The second kappa shape index (κ2) is 5.67. The van der Waals surface area contributed by atoms with Crippen LogP contribution in [0.5, 0.6) is 0 Å². The number of hydrogen-bond donors (Lipinski definition) is 1. The Morgan fingerprint density at radius 2 is 2.05 bits per heavy atom. The van der Waals surface area contributed by atoms with E-state index in [-0.39, 0.29) is 18.1 Å². The van der Waals surface area contributed by atoms with Crippen molar-refractivity contribution in [1.29, 1.82) is 0 Å². The van der Waals surface area contributed by atoms with Crippen LogP contribution in [0.25, 0.3) is 0 Å². The highest BCUT2D eigenvalue weighted by Gasteiger charge is 2.37. The number of hydrogen-bond acceptors (Lipinski definition) is 2. The molecule has 8 heteroatoms. The van der Waals surface area contributed by atoms with Gasteiger partial charge in [0.2, 0.25) is 11.8 Å². The molecule has 1 N–H and O–H groups in total. The Kier molecular flexibility index (Phi) is 4.27. The highest BCUT2D eigenvalue weighted by atomic mass is 79.9. The van der Waals surface area contributed by atoms with Gasteiger partial charge in [0.1, 0.15) is 6.04 Å². The van der Waals surface area contributed by atoms with Gasteiger partial charge in [-0.3, -0.25) is 14.5 Å². The predicted octanol–water partition coefficient (Wildman–Crippen LogP) is 2.71. The molecule has 1 unspecified atom stereocenters. The standard InChI is InChI=1S/C13H12BrF3N2O2/c1-2-9-12(21)18-6-11(20)19(9)10-5-7(13(15,16)17)3-4-8(10)14/h3-5,9H,2,6H2,1H3,(H,18,21). The SMILES string of the molecule is CCC1C(=O)NCC(=O)N1c1cc(C(F)(F)F)ccc1Br. The highest BCUT2D eigenvalue weighted by molar-refractivity contribution is 9.10. The number of nitrogens with zero attached hydrogens (tertiary/aromatic N) is 1. The van der Waals surface area contributed by atoms with Crippen molar-refractivity contribution < 1.29 is 22.8 Å². The summed E-state index contributed by atoms with van der Waals surface area (Å²) in [5.74, 6) is -0.817. The van der Waals surface area contributed by atoms with E-state index in [0.29, 0.717) is 10.9 Å². The third kappa shape index (κ3) is 3.04. The molecule has 0 saturated carbocycles. The van der Waals surface area contributed by atoms with Gasteiger partial charge in [0.25, 0.3) is 0 Å². The average molecular weight is 365 g/mol. The van der Waals surface area contributed by atoms with Gasteiger partial charge < -0.3 is 5.32 Å². The largest absolute Gasteiger partial charge is 0.416 e. The van der Waals surface area contributed by atoms with Gasteiger partial charge in [0, 0.05) is 4.47 Å². The Balaban J connectivity index is 2.52. The number of piperazine rings is 1. The van der Waals surface area contributed by atoms with Crippen molar-refractivity contribution in [3.8, 4) is 0 Å². The maximum absolute atomic E-state index is 12.8. The molecule has 1 aromatic rings. The van der Waals surface area contributed by atoms with Crippen LogP contribution in [-0.2, 0) is 15.8 Å². The zero-order valence-electron chi connectivity index (χ0n) is 11.0. The third-order valence-corrected chi connectivity index (χ3v) is 3.89. The normalized spacial score (nSPS) is 19.7. The summed E-state index contributed by atoms with van der Waals surface area (Å²) in [7, 11) is 0. The maximum atomic E-state index is 12.8. The van der Waals surface area contributed by atoms with Crippen LogP contribution >= 0.6 is 15.9 Å². The molecule has 4 nitrogen and oxygen atoms in total. The summed E-state index contributed by atoms with van der Waals surface area (Å²) >= 11 is 3.14. The van der Waals surface area contributed by atoms with Crippen molar-refractivity contribution in [3.05, 3.63) is 28.2 Å². The molecule has 0 aromatic heterocycles. The molecule has 2 rings (SSSR count). The van der Waals surface area contributed by atoms with Crippen LogP contribution in [0.2, 0.25) is 0 Å². The van der Waals surface area contributed by atoms with Gasteiger partial charge in [-0.15, -0.1) is 0 Å². The fraction of sp³-hybridized carbons (Fsp3) is 0.385. The van der Waals surface area contributed by atoms with Crippen molar-refractivity contribution in [1.82, 2.24) is 5.32 Å². The number of benzene rings is 1. The van der Waals surface area contributed by atoms with Crippen LogP contribution in [0, 0.1) is 0 Å². The van der Waals surface area contributed by atoms with Crippen molar-refractivity contribution in [2.24, 2.45) is 0 Å². The topological polar surface area (TPSA) is 49.4 Å². The van der Waals surface area contributed by atoms with Gasteiger partial charge >= 0.3 is 6.18 Å². The minimum Gasteiger partial charge on any atom is -0.345 e. The molecule has 1 fully saturated rings. The Morgan fingerprint density at radius 3 is 2.62 bits per heavy atom. The smallest absolute Gasteiger partial charge is 0.345 e. The van der Waals surface area contributed by atoms with E-state index in [1.165, 1.54) is 6.07 Å². The summed E-state index contributed by atoms with van der Waals surface area (Å²) in [5.41, 5.74) is -0.814. The van der Waals surface area contributed by atoms with E-state index in [2.05, 4.69) is 21.2 Å². The van der Waals surface area contributed by atoms with Crippen molar-refractivity contribution >= 4 is 33.4 Å². The lowest BCUT2D eigenvalue weighted by molar-refractivity contribution is -0.137. The molecule has 0 aliphatic carbocycles. The Bertz CT molecular complexity index is 589. The molecule has 0 bridgehead atoms. The van der Waals surface area contributed by atoms with Gasteiger partial charge in [-0.2, -0.15) is 13.2 Å². The van der Waals surface area contributed by atoms with Gasteiger partial charge in [-0.05, 0) is 40.5 Å². The minimum absolute atomic E-state index is 0.0523. The number of rotatable bonds is 2. The molecule has 1 saturated heterocycles. The van der Waals surface area contributed by atoms with Crippen LogP contribution in [0.4, 0.5) is 18.9 Å². The fourth-order valence-electron chi connectivity index (χ4n) is 2.20. The predicted molar refractivity (Wildman–Crippen MR) is 73.7 cm³/mol. The molecule has 21 heavy (non-hydrogen) atoms. The summed E-state index contributed by atoms with van der Waals surface area (Å²) < 4.78 is 38.8. The van der Waals surface area contributed by atoms with Crippen molar-refractivity contribution in [2.75, 3.05) is 11.4 Å². The summed E-state index contributed by atoms with van der Waals surface area (Å²) in [4.78, 5) is 25.0. The number of halogens is 4.